The zero-order valence-corrected chi connectivity index (χ0v) is 26.4. The third kappa shape index (κ3) is 8.04. The number of hydrogen-bond donors (Lipinski definition) is 2. The van der Waals surface area contributed by atoms with Gasteiger partial charge in [-0.2, -0.15) is 10.5 Å². The number of halogens is 2. The van der Waals surface area contributed by atoms with Crippen LogP contribution in [0, 0.1) is 34.7 Å². The van der Waals surface area contributed by atoms with Gasteiger partial charge in [0.15, 0.2) is 22.6 Å². The molecule has 44 heavy (non-hydrogen) atoms. The summed E-state index contributed by atoms with van der Waals surface area (Å²) in [5, 5.41) is 25.8. The molecule has 4 aromatic rings. The third-order valence-electron chi connectivity index (χ3n) is 7.11. The van der Waals surface area contributed by atoms with Gasteiger partial charge in [-0.1, -0.05) is 70.1 Å². The molecule has 2 aromatic heterocycles. The number of carbonyl (C=O) groups excluding carboxylic acids is 2. The minimum absolute atomic E-state index is 0.0743. The highest BCUT2D eigenvalue weighted by atomic mass is 35.5. The number of carbonyl (C=O) groups is 2. The Bertz CT molecular complexity index is 1710. The van der Waals surface area contributed by atoms with Gasteiger partial charge in [0.2, 0.25) is 11.8 Å². The first-order valence-corrected chi connectivity index (χ1v) is 16.0. The normalized spacial score (nSPS) is 17.3. The van der Waals surface area contributed by atoms with E-state index in [0.717, 1.165) is 20.9 Å². The molecule has 2 atom stereocenters. The summed E-state index contributed by atoms with van der Waals surface area (Å²) in [4.78, 5) is 37.9. The predicted octanol–water partition coefficient (Wildman–Crippen LogP) is 6.41. The summed E-state index contributed by atoms with van der Waals surface area (Å²) in [6.07, 6.45) is 9.01. The largest absolute Gasteiger partial charge is 0.310 e. The number of amides is 2. The predicted molar refractivity (Wildman–Crippen MR) is 173 cm³/mol. The van der Waals surface area contributed by atoms with Gasteiger partial charge in [0.1, 0.15) is 0 Å². The molecule has 2 aliphatic heterocycles. The Kier molecular flexibility index (Phi) is 10.3. The van der Waals surface area contributed by atoms with E-state index in [-0.39, 0.29) is 23.7 Å². The second-order valence-electron chi connectivity index (χ2n) is 10.1. The Hall–Kier alpha value is -4.20. The molecule has 2 N–H and O–H groups in total. The monoisotopic (exact) mass is 664 g/mol. The summed E-state index contributed by atoms with van der Waals surface area (Å²) in [5.74, 6) is -0.458. The van der Waals surface area contributed by atoms with E-state index in [4.69, 9.17) is 33.7 Å². The number of nitrogens with zero attached hydrogens (tertiary/aromatic N) is 6. The molecule has 2 amide bonds. The SMILES string of the molecule is N#CN1CCC(C(=O)Nc2ncc(-c3ccc(Cl)cc3)s2)C1.N#CN1CCC(C(=O)Nc2ncc(-c3cccc(Cl)c3)s2)C1. The molecule has 4 heterocycles. The maximum absolute atomic E-state index is 12.2. The zero-order chi connectivity index (χ0) is 31.1. The van der Waals surface area contributed by atoms with Crippen LogP contribution in [0.3, 0.4) is 0 Å². The summed E-state index contributed by atoms with van der Waals surface area (Å²) >= 11 is 14.7. The van der Waals surface area contributed by atoms with Crippen molar-refractivity contribution in [2.75, 3.05) is 36.8 Å². The lowest BCUT2D eigenvalue weighted by molar-refractivity contribution is -0.120. The van der Waals surface area contributed by atoms with Crippen molar-refractivity contribution in [1.82, 2.24) is 19.8 Å². The molecule has 2 saturated heterocycles. The standard InChI is InChI=1S/2C15H13ClN4OS/c16-12-3-1-10(2-4-12)13-7-18-15(22-13)19-14(21)11-5-6-20(8-11)9-17;16-12-3-1-2-10(6-12)13-7-18-15(22-13)19-14(21)11-4-5-20(8-11)9-17/h1-4,7,11H,5-6,8H2,(H,18,19,21);1-3,6-7,11H,4-5,8H2,(H,18,19,21). The first-order valence-electron chi connectivity index (χ1n) is 13.7. The van der Waals surface area contributed by atoms with E-state index < -0.39 is 0 Å². The van der Waals surface area contributed by atoms with Gasteiger partial charge in [-0.25, -0.2) is 9.97 Å². The minimum atomic E-state index is -0.154. The first-order chi connectivity index (χ1) is 21.3. The van der Waals surface area contributed by atoms with Crippen LogP contribution in [0.25, 0.3) is 20.9 Å². The Morgan fingerprint density at radius 2 is 1.30 bits per heavy atom. The van der Waals surface area contributed by atoms with Gasteiger partial charge in [0, 0.05) is 48.6 Å². The van der Waals surface area contributed by atoms with Gasteiger partial charge in [-0.05, 0) is 48.2 Å². The molecular formula is C30H26Cl2N8O2S2. The van der Waals surface area contributed by atoms with E-state index >= 15 is 0 Å². The number of aromatic nitrogens is 2. The number of likely N-dealkylation sites (tertiary alicyclic amines) is 2. The lowest BCUT2D eigenvalue weighted by Gasteiger charge is -2.08. The Morgan fingerprint density at radius 1 is 0.773 bits per heavy atom. The molecule has 0 saturated carbocycles. The molecule has 0 radical (unpaired) electrons. The van der Waals surface area contributed by atoms with Crippen molar-refractivity contribution in [3.8, 4) is 33.3 Å². The lowest BCUT2D eigenvalue weighted by Crippen LogP contribution is -2.25. The second kappa shape index (κ2) is 14.5. The number of hydrogen-bond acceptors (Lipinski definition) is 10. The average molecular weight is 666 g/mol. The highest BCUT2D eigenvalue weighted by Crippen LogP contribution is 2.32. The third-order valence-corrected chi connectivity index (χ3v) is 9.52. The average Bonchev–Trinajstić information content (AvgIpc) is 3.85. The van der Waals surface area contributed by atoms with Crippen LogP contribution in [-0.4, -0.2) is 57.8 Å². The van der Waals surface area contributed by atoms with Crippen LogP contribution in [0.2, 0.25) is 10.0 Å². The van der Waals surface area contributed by atoms with Crippen LogP contribution < -0.4 is 10.6 Å². The van der Waals surface area contributed by atoms with Crippen LogP contribution in [0.15, 0.2) is 60.9 Å². The van der Waals surface area contributed by atoms with Gasteiger partial charge < -0.3 is 20.4 Å². The molecule has 2 unspecified atom stereocenters. The van der Waals surface area contributed by atoms with Crippen molar-refractivity contribution in [3.63, 3.8) is 0 Å². The Morgan fingerprint density at radius 3 is 1.77 bits per heavy atom. The van der Waals surface area contributed by atoms with E-state index in [0.29, 0.717) is 59.3 Å². The van der Waals surface area contributed by atoms with Crippen LogP contribution in [-0.2, 0) is 9.59 Å². The number of nitriles is 2. The number of benzene rings is 2. The van der Waals surface area contributed by atoms with Gasteiger partial charge in [-0.15, -0.1) is 0 Å². The highest BCUT2D eigenvalue weighted by Gasteiger charge is 2.29. The van der Waals surface area contributed by atoms with Crippen molar-refractivity contribution in [2.45, 2.75) is 12.8 Å². The molecule has 0 aliphatic carbocycles. The van der Waals surface area contributed by atoms with Crippen LogP contribution >= 0.6 is 45.9 Å². The molecule has 6 rings (SSSR count). The maximum atomic E-state index is 12.2. The van der Waals surface area contributed by atoms with Crippen molar-refractivity contribution in [2.24, 2.45) is 11.8 Å². The summed E-state index contributed by atoms with van der Waals surface area (Å²) in [6.45, 7) is 2.25. The van der Waals surface area contributed by atoms with E-state index in [1.807, 2.05) is 48.5 Å². The molecule has 224 valence electrons. The quantitative estimate of drug-likeness (QED) is 0.226. The fourth-order valence-electron chi connectivity index (χ4n) is 4.73. The fourth-order valence-corrected chi connectivity index (χ4v) is 6.69. The van der Waals surface area contributed by atoms with Crippen molar-refractivity contribution in [1.29, 1.82) is 10.5 Å². The van der Waals surface area contributed by atoms with Crippen LogP contribution in [0.5, 0.6) is 0 Å². The Balaban J connectivity index is 0.000000175. The second-order valence-corrected chi connectivity index (χ2v) is 13.1. The molecule has 2 aliphatic rings. The summed E-state index contributed by atoms with van der Waals surface area (Å²) in [5.41, 5.74) is 1.99. The first kappa shape index (κ1) is 31.2. The van der Waals surface area contributed by atoms with Gasteiger partial charge >= 0.3 is 0 Å². The maximum Gasteiger partial charge on any atom is 0.231 e. The fraction of sp³-hybridized carbons (Fsp3) is 0.267. The number of anilines is 2. The summed E-state index contributed by atoms with van der Waals surface area (Å²) in [7, 11) is 0. The highest BCUT2D eigenvalue weighted by molar-refractivity contribution is 7.19. The summed E-state index contributed by atoms with van der Waals surface area (Å²) < 4.78 is 0. The lowest BCUT2D eigenvalue weighted by atomic mass is 10.1. The van der Waals surface area contributed by atoms with Crippen molar-refractivity contribution < 1.29 is 9.59 Å². The van der Waals surface area contributed by atoms with E-state index in [1.165, 1.54) is 22.7 Å². The van der Waals surface area contributed by atoms with Crippen LogP contribution in [0.4, 0.5) is 10.3 Å². The van der Waals surface area contributed by atoms with E-state index in [1.54, 1.807) is 22.2 Å². The zero-order valence-electron chi connectivity index (χ0n) is 23.2. The minimum Gasteiger partial charge on any atom is -0.310 e. The summed E-state index contributed by atoms with van der Waals surface area (Å²) in [6, 6.07) is 15.0. The molecule has 2 fully saturated rings. The van der Waals surface area contributed by atoms with Gasteiger partial charge in [0.25, 0.3) is 0 Å². The molecule has 0 spiro atoms. The topological polar surface area (TPSA) is 138 Å². The molecule has 0 bridgehead atoms. The van der Waals surface area contributed by atoms with Crippen molar-refractivity contribution >= 4 is 68.0 Å². The number of nitrogens with one attached hydrogen (secondary N) is 2. The molecule has 2 aromatic carbocycles. The van der Waals surface area contributed by atoms with Crippen molar-refractivity contribution in [3.05, 3.63) is 71.0 Å². The number of rotatable bonds is 6. The molecule has 10 nitrogen and oxygen atoms in total. The Labute approximate surface area is 272 Å². The smallest absolute Gasteiger partial charge is 0.231 e. The van der Waals surface area contributed by atoms with E-state index in [9.17, 15) is 9.59 Å². The van der Waals surface area contributed by atoms with Crippen LogP contribution in [0.1, 0.15) is 12.8 Å². The van der Waals surface area contributed by atoms with Gasteiger partial charge in [0.05, 0.1) is 21.6 Å². The molecular weight excluding hydrogens is 639 g/mol. The van der Waals surface area contributed by atoms with Gasteiger partial charge in [-0.3, -0.25) is 9.59 Å². The van der Waals surface area contributed by atoms with E-state index in [2.05, 4.69) is 33.0 Å². The molecule has 14 heteroatoms. The number of thiazole rings is 2.